The second-order valence-electron chi connectivity index (χ2n) is 5.84. The Bertz CT molecular complexity index is 817. The molecule has 0 saturated carbocycles. The molecule has 0 bridgehead atoms. The number of pyridine rings is 1. The molecule has 2 N–H and O–H groups in total. The number of carbonyl (C=O) groups excluding carboxylic acids is 1. The van der Waals surface area contributed by atoms with Gasteiger partial charge in [-0.2, -0.15) is 0 Å². The van der Waals surface area contributed by atoms with Crippen molar-refractivity contribution in [3.8, 4) is 0 Å². The predicted octanol–water partition coefficient (Wildman–Crippen LogP) is 2.08. The first kappa shape index (κ1) is 16.7. The van der Waals surface area contributed by atoms with Crippen LogP contribution in [0.5, 0.6) is 0 Å². The number of sulfonamides is 1. The van der Waals surface area contributed by atoms with Crippen LogP contribution in [0.25, 0.3) is 0 Å². The SMILES string of the molecule is NS(=O)(=O)c1cc(C(=O)N2CCCCCC2c2ccncc2)co1. The van der Waals surface area contributed by atoms with Crippen molar-refractivity contribution in [3.05, 3.63) is 48.0 Å². The van der Waals surface area contributed by atoms with Gasteiger partial charge in [0.25, 0.3) is 15.9 Å². The molecule has 1 aliphatic rings. The number of furan rings is 1. The lowest BCUT2D eigenvalue weighted by Gasteiger charge is -2.30. The van der Waals surface area contributed by atoms with Crippen molar-refractivity contribution in [1.29, 1.82) is 0 Å². The van der Waals surface area contributed by atoms with E-state index in [0.29, 0.717) is 6.54 Å². The molecule has 0 spiro atoms. The van der Waals surface area contributed by atoms with Gasteiger partial charge in [-0.3, -0.25) is 9.78 Å². The quantitative estimate of drug-likeness (QED) is 0.913. The molecule has 1 amide bonds. The van der Waals surface area contributed by atoms with Crippen molar-refractivity contribution in [2.24, 2.45) is 5.14 Å². The molecule has 3 rings (SSSR count). The summed E-state index contributed by atoms with van der Waals surface area (Å²) in [6.45, 7) is 0.613. The van der Waals surface area contributed by atoms with Gasteiger partial charge in [-0.05, 0) is 30.5 Å². The summed E-state index contributed by atoms with van der Waals surface area (Å²) in [4.78, 5) is 18.7. The number of aromatic nitrogens is 1. The zero-order valence-electron chi connectivity index (χ0n) is 13.1. The number of carbonyl (C=O) groups is 1. The van der Waals surface area contributed by atoms with Crippen LogP contribution in [0.2, 0.25) is 0 Å². The van der Waals surface area contributed by atoms with Gasteiger partial charge in [0.2, 0.25) is 5.09 Å². The van der Waals surface area contributed by atoms with E-state index in [2.05, 4.69) is 4.98 Å². The van der Waals surface area contributed by atoms with E-state index in [-0.39, 0.29) is 17.5 Å². The normalized spacial score (nSPS) is 19.0. The summed E-state index contributed by atoms with van der Waals surface area (Å²) in [5, 5.41) is 4.64. The molecule has 0 aromatic carbocycles. The van der Waals surface area contributed by atoms with Crippen molar-refractivity contribution in [2.45, 2.75) is 36.8 Å². The van der Waals surface area contributed by atoms with Crippen molar-refractivity contribution >= 4 is 15.9 Å². The predicted molar refractivity (Wildman–Crippen MR) is 86.6 cm³/mol. The summed E-state index contributed by atoms with van der Waals surface area (Å²) < 4.78 is 27.6. The standard InChI is InChI=1S/C16H19N3O4S/c17-24(21,22)15-10-13(11-23-15)16(20)19-9-3-1-2-4-14(19)12-5-7-18-8-6-12/h5-8,10-11,14H,1-4,9H2,(H2,17,21,22). The molecule has 2 aromatic heterocycles. The Morgan fingerprint density at radius 1 is 1.25 bits per heavy atom. The van der Waals surface area contributed by atoms with Crippen LogP contribution >= 0.6 is 0 Å². The van der Waals surface area contributed by atoms with Crippen LogP contribution in [0.4, 0.5) is 0 Å². The Kier molecular flexibility index (Phi) is 4.68. The Labute approximate surface area is 140 Å². The number of hydrogen-bond acceptors (Lipinski definition) is 5. The highest BCUT2D eigenvalue weighted by molar-refractivity contribution is 7.89. The van der Waals surface area contributed by atoms with Gasteiger partial charge in [0.05, 0.1) is 11.6 Å². The zero-order valence-corrected chi connectivity index (χ0v) is 13.9. The molecule has 7 nitrogen and oxygen atoms in total. The molecule has 24 heavy (non-hydrogen) atoms. The van der Waals surface area contributed by atoms with Crippen LogP contribution in [0.3, 0.4) is 0 Å². The van der Waals surface area contributed by atoms with E-state index in [1.54, 1.807) is 17.3 Å². The van der Waals surface area contributed by atoms with Gasteiger partial charge >= 0.3 is 0 Å². The van der Waals surface area contributed by atoms with Crippen molar-refractivity contribution < 1.29 is 17.6 Å². The third-order valence-corrected chi connectivity index (χ3v) is 4.98. The lowest BCUT2D eigenvalue weighted by Crippen LogP contribution is -2.34. The number of primary sulfonamides is 1. The highest BCUT2D eigenvalue weighted by Crippen LogP contribution is 2.31. The fourth-order valence-corrected chi connectivity index (χ4v) is 3.50. The zero-order chi connectivity index (χ0) is 17.2. The Balaban J connectivity index is 1.91. The first-order chi connectivity index (χ1) is 11.5. The summed E-state index contributed by atoms with van der Waals surface area (Å²) in [5.74, 6) is -0.252. The lowest BCUT2D eigenvalue weighted by molar-refractivity contribution is 0.0680. The first-order valence-electron chi connectivity index (χ1n) is 7.79. The highest BCUT2D eigenvalue weighted by atomic mass is 32.2. The van der Waals surface area contributed by atoms with E-state index in [9.17, 15) is 13.2 Å². The molecule has 128 valence electrons. The molecular formula is C16H19N3O4S. The Hall–Kier alpha value is -2.19. The van der Waals surface area contributed by atoms with Crippen molar-refractivity contribution in [3.63, 3.8) is 0 Å². The van der Waals surface area contributed by atoms with Gasteiger partial charge in [0.1, 0.15) is 6.26 Å². The van der Waals surface area contributed by atoms with E-state index < -0.39 is 15.1 Å². The van der Waals surface area contributed by atoms with Gasteiger partial charge in [0.15, 0.2) is 0 Å². The average Bonchev–Trinajstić information content (AvgIpc) is 2.94. The smallest absolute Gasteiger partial charge is 0.271 e. The third-order valence-electron chi connectivity index (χ3n) is 4.21. The number of nitrogens with zero attached hydrogens (tertiary/aromatic N) is 2. The minimum atomic E-state index is -3.96. The third kappa shape index (κ3) is 3.49. The van der Waals surface area contributed by atoms with Gasteiger partial charge in [-0.25, -0.2) is 13.6 Å². The maximum absolute atomic E-state index is 12.9. The summed E-state index contributed by atoms with van der Waals surface area (Å²) in [5.41, 5.74) is 1.22. The monoisotopic (exact) mass is 349 g/mol. The first-order valence-corrected chi connectivity index (χ1v) is 9.33. The van der Waals surface area contributed by atoms with E-state index in [0.717, 1.165) is 37.5 Å². The maximum atomic E-state index is 12.9. The molecule has 0 radical (unpaired) electrons. The Morgan fingerprint density at radius 3 is 2.67 bits per heavy atom. The molecule has 2 aromatic rings. The molecule has 1 unspecified atom stereocenters. The molecule has 1 saturated heterocycles. The van der Waals surface area contributed by atoms with E-state index in [4.69, 9.17) is 9.56 Å². The van der Waals surface area contributed by atoms with Crippen LogP contribution < -0.4 is 5.14 Å². The van der Waals surface area contributed by atoms with Gasteiger partial charge in [-0.15, -0.1) is 0 Å². The molecule has 1 aliphatic heterocycles. The molecule has 8 heteroatoms. The maximum Gasteiger partial charge on any atom is 0.271 e. The summed E-state index contributed by atoms with van der Waals surface area (Å²) >= 11 is 0. The second-order valence-corrected chi connectivity index (χ2v) is 7.34. The van der Waals surface area contributed by atoms with E-state index in [1.807, 2.05) is 12.1 Å². The number of likely N-dealkylation sites (tertiary alicyclic amines) is 1. The number of amides is 1. The highest BCUT2D eigenvalue weighted by Gasteiger charge is 2.29. The van der Waals surface area contributed by atoms with Crippen molar-refractivity contribution in [1.82, 2.24) is 9.88 Å². The molecular weight excluding hydrogens is 330 g/mol. The summed E-state index contributed by atoms with van der Waals surface area (Å²) in [6, 6.07) is 4.94. The average molecular weight is 349 g/mol. The molecule has 0 aliphatic carbocycles. The van der Waals surface area contributed by atoms with E-state index in [1.165, 1.54) is 6.07 Å². The number of nitrogens with two attached hydrogens (primary N) is 1. The summed E-state index contributed by atoms with van der Waals surface area (Å²) in [6.07, 6.45) is 8.42. The summed E-state index contributed by atoms with van der Waals surface area (Å²) in [7, 11) is -3.96. The van der Waals surface area contributed by atoms with Crippen molar-refractivity contribution in [2.75, 3.05) is 6.54 Å². The minimum absolute atomic E-state index is 0.0594. The van der Waals surface area contributed by atoms with Crippen LogP contribution in [0.15, 0.2) is 46.4 Å². The van der Waals surface area contributed by atoms with Crippen LogP contribution in [-0.4, -0.2) is 30.8 Å². The molecule has 1 atom stereocenters. The van der Waals surface area contributed by atoms with Crippen LogP contribution in [-0.2, 0) is 10.0 Å². The Morgan fingerprint density at radius 2 is 2.00 bits per heavy atom. The van der Waals surface area contributed by atoms with Crippen LogP contribution in [0, 0.1) is 0 Å². The largest absolute Gasteiger partial charge is 0.451 e. The fourth-order valence-electron chi connectivity index (χ4n) is 3.03. The molecule has 1 fully saturated rings. The minimum Gasteiger partial charge on any atom is -0.451 e. The number of hydrogen-bond donors (Lipinski definition) is 1. The number of rotatable bonds is 3. The van der Waals surface area contributed by atoms with Gasteiger partial charge < -0.3 is 9.32 Å². The van der Waals surface area contributed by atoms with Gasteiger partial charge in [-0.1, -0.05) is 12.8 Å². The van der Waals surface area contributed by atoms with E-state index >= 15 is 0 Å². The lowest BCUT2D eigenvalue weighted by atomic mass is 10.0. The molecule has 3 heterocycles. The van der Waals surface area contributed by atoms with Crippen LogP contribution in [0.1, 0.15) is 47.6 Å². The topological polar surface area (TPSA) is 106 Å². The fraction of sp³-hybridized carbons (Fsp3) is 0.375. The second kappa shape index (κ2) is 6.74. The van der Waals surface area contributed by atoms with Gasteiger partial charge in [0, 0.05) is 25.0 Å².